The Kier molecular flexibility index (Phi) is 22.4. The minimum atomic E-state index is -0.964. The van der Waals surface area contributed by atoms with Gasteiger partial charge in [0.1, 0.15) is 11.5 Å². The van der Waals surface area contributed by atoms with Gasteiger partial charge in [-0.3, -0.25) is 0 Å². The second-order valence-corrected chi connectivity index (χ2v) is 3.99. The average molecular weight is 422 g/mol. The topological polar surface area (TPSA) is 188 Å². The van der Waals surface area contributed by atoms with E-state index in [9.17, 15) is 9.59 Å². The Balaban J connectivity index is -0.000000161. The molecule has 0 bridgehead atoms. The average Bonchev–Trinajstić information content (AvgIpc) is 2.53. The fourth-order valence-corrected chi connectivity index (χ4v) is 1.32. The quantitative estimate of drug-likeness (QED) is 0.608. The van der Waals surface area contributed by atoms with Crippen LogP contribution >= 0.6 is 0 Å². The van der Waals surface area contributed by atoms with Crippen LogP contribution in [0.25, 0.3) is 0 Å². The number of carboxylic acids is 2. The smallest absolute Gasteiger partial charge is 0.341 e. The minimum absolute atomic E-state index is 0. The van der Waals surface area contributed by atoms with Crippen molar-refractivity contribution >= 4 is 11.9 Å². The summed E-state index contributed by atoms with van der Waals surface area (Å²) in [4.78, 5) is 20.1. The predicted octanol–water partition coefficient (Wildman–Crippen LogP) is -0.177. The van der Waals surface area contributed by atoms with Crippen LogP contribution < -0.4 is 9.47 Å². The van der Waals surface area contributed by atoms with Crippen LogP contribution in [-0.4, -0.2) is 51.8 Å². The zero-order chi connectivity index (χ0) is 16.2. The van der Waals surface area contributed by atoms with Crippen LogP contribution in [0.15, 0.2) is 60.7 Å². The molecule has 0 aliphatic carbocycles. The molecule has 8 N–H and O–H groups in total. The molecule has 0 saturated heterocycles. The second kappa shape index (κ2) is 18.7. The summed E-state index contributed by atoms with van der Waals surface area (Å²) in [5.74, 6) is -0.771. The number of aliphatic carboxylic acids is 2. The monoisotopic (exact) mass is 421 g/mol. The molecule has 0 atom stereocenters. The van der Waals surface area contributed by atoms with Crippen LogP contribution in [0.4, 0.5) is 0 Å². The first-order valence-corrected chi connectivity index (χ1v) is 6.37. The number of hydrogen-bond acceptors (Lipinski definition) is 4. The Morgan fingerprint density at radius 3 is 1.15 bits per heavy atom. The maximum absolute atomic E-state index is 10.0. The molecule has 26 heavy (non-hydrogen) atoms. The van der Waals surface area contributed by atoms with Crippen LogP contribution in [0.5, 0.6) is 11.5 Å². The molecule has 0 spiro atoms. The largest absolute Gasteiger partial charge is 0.482 e. The third kappa shape index (κ3) is 16.2. The van der Waals surface area contributed by atoms with Gasteiger partial charge in [-0.2, -0.15) is 0 Å². The van der Waals surface area contributed by atoms with Crippen molar-refractivity contribution in [2.75, 3.05) is 13.2 Å². The molecule has 0 heterocycles. The number of benzene rings is 2. The summed E-state index contributed by atoms with van der Waals surface area (Å²) in [5.41, 5.74) is 0. The number of carboxylic acid groups (broad SMARTS) is 2. The Morgan fingerprint density at radius 2 is 0.923 bits per heavy atom. The van der Waals surface area contributed by atoms with Gasteiger partial charge in [-0.25, -0.2) is 9.59 Å². The Morgan fingerprint density at radius 1 is 0.654 bits per heavy atom. The van der Waals surface area contributed by atoms with Crippen LogP contribution in [0, 0.1) is 0 Å². The van der Waals surface area contributed by atoms with E-state index < -0.39 is 11.9 Å². The first-order valence-electron chi connectivity index (χ1n) is 6.37. The number of ether oxygens (including phenoxy) is 2. The van der Waals surface area contributed by atoms with Gasteiger partial charge < -0.3 is 36.1 Å². The van der Waals surface area contributed by atoms with E-state index in [-0.39, 0.29) is 46.7 Å². The Labute approximate surface area is 160 Å². The standard InChI is InChI=1S/2C8H8O3.Cu.3H2O/c2*9-8(10)6-11-7-4-2-1-3-5-7;;;;/h2*1-5H,6H2,(H,9,10);;3*1H2. The molecule has 0 fully saturated rings. The molecule has 0 aliphatic heterocycles. The first kappa shape index (κ1) is 31.2. The zero-order valence-corrected chi connectivity index (χ0v) is 14.5. The molecule has 2 aromatic rings. The summed E-state index contributed by atoms with van der Waals surface area (Å²) in [6.45, 7) is -0.575. The van der Waals surface area contributed by atoms with Gasteiger partial charge >= 0.3 is 11.9 Å². The van der Waals surface area contributed by atoms with Gasteiger partial charge in [-0.05, 0) is 24.3 Å². The Bertz CT molecular complexity index is 525. The molecule has 151 valence electrons. The number of carbonyl (C=O) groups is 2. The van der Waals surface area contributed by atoms with Crippen LogP contribution in [0.2, 0.25) is 0 Å². The van der Waals surface area contributed by atoms with E-state index in [1.165, 1.54) is 0 Å². The molecule has 2 aromatic carbocycles. The van der Waals surface area contributed by atoms with E-state index in [1.807, 2.05) is 12.1 Å². The van der Waals surface area contributed by atoms with Crippen molar-refractivity contribution in [2.45, 2.75) is 0 Å². The summed E-state index contributed by atoms with van der Waals surface area (Å²) in [5, 5.41) is 16.5. The molecular weight excluding hydrogens is 400 g/mol. The van der Waals surface area contributed by atoms with Crippen LogP contribution in [0.3, 0.4) is 0 Å². The van der Waals surface area contributed by atoms with E-state index in [0.717, 1.165) is 0 Å². The SMILES string of the molecule is O.O.O.O=C(O)COc1ccccc1.O=C(O)COc1ccccc1.[Cu]. The summed E-state index contributed by atoms with van der Waals surface area (Å²) >= 11 is 0. The molecule has 10 heteroatoms. The van der Waals surface area contributed by atoms with E-state index in [0.29, 0.717) is 11.5 Å². The number of para-hydroxylation sites is 2. The molecule has 0 unspecified atom stereocenters. The van der Waals surface area contributed by atoms with Gasteiger partial charge in [0.2, 0.25) is 0 Å². The summed E-state index contributed by atoms with van der Waals surface area (Å²) < 4.78 is 9.74. The molecule has 9 nitrogen and oxygen atoms in total. The normalized spacial score (nSPS) is 7.69. The molecule has 2 rings (SSSR count). The fourth-order valence-electron chi connectivity index (χ4n) is 1.32. The summed E-state index contributed by atoms with van der Waals surface area (Å²) in [6, 6.07) is 17.7. The van der Waals surface area contributed by atoms with Crippen LogP contribution in [0.1, 0.15) is 0 Å². The minimum Gasteiger partial charge on any atom is -0.482 e. The Hall–Kier alpha value is -2.62. The predicted molar refractivity (Wildman–Crippen MR) is 90.0 cm³/mol. The van der Waals surface area contributed by atoms with Gasteiger partial charge in [-0.1, -0.05) is 36.4 Å². The van der Waals surface area contributed by atoms with Gasteiger partial charge in [0.25, 0.3) is 0 Å². The third-order valence-corrected chi connectivity index (χ3v) is 2.21. The summed E-state index contributed by atoms with van der Waals surface area (Å²) in [7, 11) is 0. The van der Waals surface area contributed by atoms with Crippen molar-refractivity contribution < 1.29 is 62.8 Å². The van der Waals surface area contributed by atoms with Crippen molar-refractivity contribution in [3.8, 4) is 11.5 Å². The third-order valence-electron chi connectivity index (χ3n) is 2.21. The van der Waals surface area contributed by atoms with E-state index in [2.05, 4.69) is 0 Å². The summed E-state index contributed by atoms with van der Waals surface area (Å²) in [6.07, 6.45) is 0. The van der Waals surface area contributed by atoms with E-state index in [4.69, 9.17) is 19.7 Å². The molecule has 1 radical (unpaired) electrons. The van der Waals surface area contributed by atoms with Crippen molar-refractivity contribution in [1.29, 1.82) is 0 Å². The molecular formula is C16H22CuO9. The first-order chi connectivity index (χ1) is 10.6. The van der Waals surface area contributed by atoms with Crippen molar-refractivity contribution in [3.05, 3.63) is 60.7 Å². The number of rotatable bonds is 6. The van der Waals surface area contributed by atoms with Crippen molar-refractivity contribution in [3.63, 3.8) is 0 Å². The second-order valence-electron chi connectivity index (χ2n) is 3.99. The van der Waals surface area contributed by atoms with E-state index >= 15 is 0 Å². The van der Waals surface area contributed by atoms with Gasteiger partial charge in [0, 0.05) is 17.1 Å². The maximum Gasteiger partial charge on any atom is 0.341 e. The number of hydrogen-bond donors (Lipinski definition) is 2. The van der Waals surface area contributed by atoms with Gasteiger partial charge in [0.05, 0.1) is 0 Å². The maximum atomic E-state index is 10.0. The van der Waals surface area contributed by atoms with Gasteiger partial charge in [0.15, 0.2) is 13.2 Å². The van der Waals surface area contributed by atoms with Crippen molar-refractivity contribution in [1.82, 2.24) is 0 Å². The van der Waals surface area contributed by atoms with Gasteiger partial charge in [-0.15, -0.1) is 0 Å². The molecule has 0 aromatic heterocycles. The molecule has 0 aliphatic rings. The van der Waals surface area contributed by atoms with Crippen molar-refractivity contribution in [2.24, 2.45) is 0 Å². The molecule has 0 amide bonds. The zero-order valence-electron chi connectivity index (χ0n) is 13.5. The van der Waals surface area contributed by atoms with E-state index in [1.54, 1.807) is 48.5 Å². The molecule has 0 saturated carbocycles. The fraction of sp³-hybridized carbons (Fsp3) is 0.125. The van der Waals surface area contributed by atoms with Crippen LogP contribution in [-0.2, 0) is 26.7 Å².